The van der Waals surface area contributed by atoms with Crippen molar-refractivity contribution < 1.29 is 18.3 Å². The lowest BCUT2D eigenvalue weighted by atomic mass is 10.2. The van der Waals surface area contributed by atoms with E-state index in [4.69, 9.17) is 4.74 Å². The van der Waals surface area contributed by atoms with Crippen LogP contribution in [0.2, 0.25) is 0 Å². The third kappa shape index (κ3) is 4.62. The number of carbonyl (C=O) groups excluding carboxylic acids is 1. The van der Waals surface area contributed by atoms with Crippen molar-refractivity contribution in [3.05, 3.63) is 60.2 Å². The third-order valence-electron chi connectivity index (χ3n) is 4.22. The number of nitrogens with zero attached hydrogens (tertiary/aromatic N) is 2. The van der Waals surface area contributed by atoms with Crippen molar-refractivity contribution in [2.75, 3.05) is 44.2 Å². The molecule has 1 aliphatic rings. The summed E-state index contributed by atoms with van der Waals surface area (Å²) >= 11 is 0. The summed E-state index contributed by atoms with van der Waals surface area (Å²) in [5.74, 6) is -1.44. The van der Waals surface area contributed by atoms with Crippen LogP contribution < -0.4 is 15.0 Å². The number of carbonyl (C=O) groups is 1. The van der Waals surface area contributed by atoms with E-state index in [9.17, 15) is 13.6 Å². The Morgan fingerprint density at radius 2 is 1.77 bits per heavy atom. The van der Waals surface area contributed by atoms with Crippen molar-refractivity contribution in [3.8, 4) is 5.75 Å². The van der Waals surface area contributed by atoms with E-state index in [-0.39, 0.29) is 24.9 Å². The van der Waals surface area contributed by atoms with Gasteiger partial charge in [0.25, 0.3) is 0 Å². The Morgan fingerprint density at radius 3 is 2.46 bits per heavy atom. The second-order valence-corrected chi connectivity index (χ2v) is 5.96. The zero-order valence-corrected chi connectivity index (χ0v) is 14.3. The van der Waals surface area contributed by atoms with Crippen LogP contribution in [0, 0.1) is 11.6 Å². The molecule has 2 aromatic carbocycles. The second-order valence-electron chi connectivity index (χ2n) is 5.96. The predicted molar refractivity (Wildman–Crippen MR) is 95.5 cm³/mol. The number of urea groups is 1. The molecule has 1 N–H and O–H groups in total. The van der Waals surface area contributed by atoms with Gasteiger partial charge < -0.3 is 19.9 Å². The van der Waals surface area contributed by atoms with Gasteiger partial charge in [-0.25, -0.2) is 13.6 Å². The second kappa shape index (κ2) is 8.51. The maximum atomic E-state index is 13.4. The summed E-state index contributed by atoms with van der Waals surface area (Å²) in [4.78, 5) is 16.2. The molecule has 0 radical (unpaired) electrons. The van der Waals surface area contributed by atoms with Gasteiger partial charge in [0, 0.05) is 37.9 Å². The van der Waals surface area contributed by atoms with Crippen molar-refractivity contribution >= 4 is 11.7 Å². The first kappa shape index (κ1) is 18.0. The van der Waals surface area contributed by atoms with Crippen LogP contribution >= 0.6 is 0 Å². The highest BCUT2D eigenvalue weighted by Gasteiger charge is 2.20. The molecule has 0 spiro atoms. The molecule has 26 heavy (non-hydrogen) atoms. The quantitative estimate of drug-likeness (QED) is 0.833. The van der Waals surface area contributed by atoms with E-state index in [0.717, 1.165) is 30.9 Å². The minimum absolute atomic E-state index is 0.0304. The first-order chi connectivity index (χ1) is 12.6. The molecule has 0 saturated carbocycles. The summed E-state index contributed by atoms with van der Waals surface area (Å²) in [6, 6.07) is 13.0. The van der Waals surface area contributed by atoms with Crippen LogP contribution in [0.5, 0.6) is 5.75 Å². The fourth-order valence-electron chi connectivity index (χ4n) is 2.83. The normalized spacial score (nSPS) is 14.2. The maximum Gasteiger partial charge on any atom is 0.317 e. The average molecular weight is 361 g/mol. The molecule has 138 valence electrons. The molecule has 1 heterocycles. The molecule has 1 saturated heterocycles. The van der Waals surface area contributed by atoms with Crippen LogP contribution in [0.4, 0.5) is 19.3 Å². The summed E-state index contributed by atoms with van der Waals surface area (Å²) in [5, 5.41) is 2.76. The number of rotatable bonds is 5. The number of ether oxygens (including phenoxy) is 1. The van der Waals surface area contributed by atoms with Gasteiger partial charge in [-0.3, -0.25) is 0 Å². The first-order valence-corrected chi connectivity index (χ1v) is 8.54. The highest BCUT2D eigenvalue weighted by Crippen LogP contribution is 2.17. The van der Waals surface area contributed by atoms with Gasteiger partial charge in [0.2, 0.25) is 0 Å². The molecule has 2 amide bonds. The fourth-order valence-corrected chi connectivity index (χ4v) is 2.83. The highest BCUT2D eigenvalue weighted by atomic mass is 19.1. The summed E-state index contributed by atoms with van der Waals surface area (Å²) < 4.78 is 31.5. The Labute approximate surface area is 151 Å². The molecule has 1 aliphatic heterocycles. The summed E-state index contributed by atoms with van der Waals surface area (Å²) in [6.07, 6.45) is 0. The molecule has 3 rings (SSSR count). The molecular formula is C19H21F2N3O2. The number of nitrogens with one attached hydrogen (secondary N) is 1. The van der Waals surface area contributed by atoms with Gasteiger partial charge in [-0.05, 0) is 24.3 Å². The van der Waals surface area contributed by atoms with Crippen LogP contribution in [0.3, 0.4) is 0 Å². The number of amides is 2. The Morgan fingerprint density at radius 1 is 1.04 bits per heavy atom. The van der Waals surface area contributed by atoms with Crippen LogP contribution in [0.25, 0.3) is 0 Å². The summed E-state index contributed by atoms with van der Waals surface area (Å²) in [7, 11) is 0. The van der Waals surface area contributed by atoms with Crippen molar-refractivity contribution in [3.63, 3.8) is 0 Å². The van der Waals surface area contributed by atoms with Crippen LogP contribution in [0.15, 0.2) is 48.5 Å². The van der Waals surface area contributed by atoms with E-state index in [0.29, 0.717) is 13.1 Å². The zero-order valence-electron chi connectivity index (χ0n) is 14.3. The van der Waals surface area contributed by atoms with Crippen LogP contribution in [-0.2, 0) is 0 Å². The topological polar surface area (TPSA) is 44.8 Å². The number of para-hydroxylation sites is 1. The monoisotopic (exact) mass is 361 g/mol. The minimum atomic E-state index is -0.756. The van der Waals surface area contributed by atoms with E-state index in [1.165, 1.54) is 6.07 Å². The Hall–Kier alpha value is -2.83. The van der Waals surface area contributed by atoms with Gasteiger partial charge in [0.05, 0.1) is 6.54 Å². The molecule has 2 aromatic rings. The SMILES string of the molecule is O=C(NCCOc1ccc(F)cc1F)N1CCN(c2ccccc2)CC1. The average Bonchev–Trinajstić information content (AvgIpc) is 2.67. The molecule has 0 aromatic heterocycles. The molecule has 7 heteroatoms. The summed E-state index contributed by atoms with van der Waals surface area (Å²) in [6.45, 7) is 3.17. The molecule has 0 aliphatic carbocycles. The van der Waals surface area contributed by atoms with Crippen LogP contribution in [0.1, 0.15) is 0 Å². The largest absolute Gasteiger partial charge is 0.489 e. The van der Waals surface area contributed by atoms with Crippen molar-refractivity contribution in [1.29, 1.82) is 0 Å². The lowest BCUT2D eigenvalue weighted by molar-refractivity contribution is 0.191. The van der Waals surface area contributed by atoms with Gasteiger partial charge in [0.1, 0.15) is 12.4 Å². The van der Waals surface area contributed by atoms with Gasteiger partial charge in [-0.15, -0.1) is 0 Å². The van der Waals surface area contributed by atoms with Gasteiger partial charge >= 0.3 is 6.03 Å². The summed E-state index contributed by atoms with van der Waals surface area (Å²) in [5.41, 5.74) is 1.15. The smallest absolute Gasteiger partial charge is 0.317 e. The van der Waals surface area contributed by atoms with E-state index < -0.39 is 11.6 Å². The van der Waals surface area contributed by atoms with E-state index in [1.54, 1.807) is 4.90 Å². The molecule has 0 unspecified atom stereocenters. The number of piperazine rings is 1. The van der Waals surface area contributed by atoms with Gasteiger partial charge in [-0.1, -0.05) is 18.2 Å². The Kier molecular flexibility index (Phi) is 5.88. The number of anilines is 1. The van der Waals surface area contributed by atoms with Crippen molar-refractivity contribution in [2.24, 2.45) is 0 Å². The first-order valence-electron chi connectivity index (χ1n) is 8.54. The number of halogens is 2. The maximum absolute atomic E-state index is 13.4. The van der Waals surface area contributed by atoms with Crippen molar-refractivity contribution in [2.45, 2.75) is 0 Å². The number of hydrogen-bond acceptors (Lipinski definition) is 3. The predicted octanol–water partition coefficient (Wildman–Crippen LogP) is 2.88. The van der Waals surface area contributed by atoms with Gasteiger partial charge in [0.15, 0.2) is 11.6 Å². The Bertz CT molecular complexity index is 735. The van der Waals surface area contributed by atoms with Crippen LogP contribution in [-0.4, -0.2) is 50.3 Å². The van der Waals surface area contributed by atoms with E-state index in [1.807, 2.05) is 18.2 Å². The number of benzene rings is 2. The van der Waals surface area contributed by atoms with Crippen molar-refractivity contribution in [1.82, 2.24) is 10.2 Å². The standard InChI is InChI=1S/C19H21F2N3O2/c20-15-6-7-18(17(21)14-15)26-13-8-22-19(25)24-11-9-23(10-12-24)16-4-2-1-3-5-16/h1-7,14H,8-13H2,(H,22,25). The number of hydrogen-bond donors (Lipinski definition) is 1. The van der Waals surface area contributed by atoms with E-state index in [2.05, 4.69) is 22.3 Å². The molecular weight excluding hydrogens is 340 g/mol. The zero-order chi connectivity index (χ0) is 18.4. The highest BCUT2D eigenvalue weighted by molar-refractivity contribution is 5.74. The molecule has 0 atom stereocenters. The van der Waals surface area contributed by atoms with Gasteiger partial charge in [-0.2, -0.15) is 0 Å². The van der Waals surface area contributed by atoms with E-state index >= 15 is 0 Å². The lowest BCUT2D eigenvalue weighted by Crippen LogP contribution is -2.52. The minimum Gasteiger partial charge on any atom is -0.489 e. The molecule has 0 bridgehead atoms. The molecule has 1 fully saturated rings. The lowest BCUT2D eigenvalue weighted by Gasteiger charge is -2.36. The molecule has 5 nitrogen and oxygen atoms in total. The Balaban J connectivity index is 1.38. The third-order valence-corrected chi connectivity index (χ3v) is 4.22. The fraction of sp³-hybridized carbons (Fsp3) is 0.316.